The van der Waals surface area contributed by atoms with Crippen molar-refractivity contribution in [3.8, 4) is 11.1 Å². The minimum Gasteiger partial charge on any atom is -0.667 e. The summed E-state index contributed by atoms with van der Waals surface area (Å²) >= 11 is 0. The Labute approximate surface area is 335 Å². The molecular formula is C54H42N3-. The summed E-state index contributed by atoms with van der Waals surface area (Å²) in [6, 6.07) is 65.6. The van der Waals surface area contributed by atoms with Crippen molar-refractivity contribution in [1.82, 2.24) is 0 Å². The summed E-state index contributed by atoms with van der Waals surface area (Å²) in [4.78, 5) is 4.69. The van der Waals surface area contributed by atoms with Crippen LogP contribution >= 0.6 is 0 Å². The molecule has 2 heterocycles. The van der Waals surface area contributed by atoms with E-state index in [1.165, 1.54) is 60.7 Å². The van der Waals surface area contributed by atoms with Crippen molar-refractivity contribution in [1.29, 1.82) is 0 Å². The highest BCUT2D eigenvalue weighted by atomic mass is 15.3. The maximum atomic E-state index is 5.11. The van der Waals surface area contributed by atoms with E-state index in [2.05, 4.69) is 230 Å². The summed E-state index contributed by atoms with van der Waals surface area (Å²) in [7, 11) is 0. The maximum absolute atomic E-state index is 5.11. The van der Waals surface area contributed by atoms with Crippen LogP contribution in [0.2, 0.25) is 0 Å². The molecule has 0 aliphatic carbocycles. The van der Waals surface area contributed by atoms with Crippen molar-refractivity contribution in [3.05, 3.63) is 234 Å². The molecule has 0 fully saturated rings. The Morgan fingerprint density at radius 2 is 1.12 bits per heavy atom. The van der Waals surface area contributed by atoms with Crippen molar-refractivity contribution in [2.24, 2.45) is 0 Å². The first-order valence-electron chi connectivity index (χ1n) is 19.7. The molecule has 10 rings (SSSR count). The second-order valence-electron chi connectivity index (χ2n) is 15.5. The van der Waals surface area contributed by atoms with Crippen LogP contribution in [-0.2, 0) is 5.41 Å². The minimum atomic E-state index is -0.195. The Bertz CT molecular complexity index is 2780. The van der Waals surface area contributed by atoms with Crippen LogP contribution in [0.25, 0.3) is 49.6 Å². The van der Waals surface area contributed by atoms with Gasteiger partial charge in [-0.15, -0.1) is 0 Å². The summed E-state index contributed by atoms with van der Waals surface area (Å²) in [5.74, 6) is 0. The van der Waals surface area contributed by atoms with Crippen LogP contribution in [-0.4, -0.2) is 6.17 Å². The first-order valence-corrected chi connectivity index (χ1v) is 19.7. The molecule has 8 aromatic carbocycles. The monoisotopic (exact) mass is 732 g/mol. The fourth-order valence-electron chi connectivity index (χ4n) is 8.51. The third-order valence-corrected chi connectivity index (χ3v) is 11.6. The Morgan fingerprint density at radius 1 is 0.526 bits per heavy atom. The number of para-hydroxylation sites is 1. The van der Waals surface area contributed by atoms with Gasteiger partial charge in [-0.3, -0.25) is 0 Å². The molecule has 8 aromatic rings. The molecule has 57 heavy (non-hydrogen) atoms. The van der Waals surface area contributed by atoms with E-state index >= 15 is 0 Å². The average Bonchev–Trinajstić information content (AvgIpc) is 3.27. The zero-order valence-corrected chi connectivity index (χ0v) is 32.1. The molecule has 2 aliphatic rings. The van der Waals surface area contributed by atoms with Gasteiger partial charge in [-0.1, -0.05) is 166 Å². The molecule has 0 aromatic heterocycles. The average molecular weight is 733 g/mol. The van der Waals surface area contributed by atoms with Gasteiger partial charge in [-0.25, -0.2) is 0 Å². The van der Waals surface area contributed by atoms with Crippen molar-refractivity contribution in [2.75, 3.05) is 9.80 Å². The number of hydrogen-bond donors (Lipinski definition) is 0. The lowest BCUT2D eigenvalue weighted by Gasteiger charge is -2.49. The lowest BCUT2D eigenvalue weighted by molar-refractivity contribution is 0.621. The molecule has 1 unspecified atom stereocenters. The smallest absolute Gasteiger partial charge is 0.0461 e. The highest BCUT2D eigenvalue weighted by Gasteiger charge is 2.37. The molecule has 1 atom stereocenters. The number of fused-ring (bicyclic) bond motifs is 4. The fraction of sp³-hybridized carbons (Fsp3) is 0.0741. The highest BCUT2D eigenvalue weighted by molar-refractivity contribution is 5.91. The molecule has 274 valence electrons. The summed E-state index contributed by atoms with van der Waals surface area (Å²) in [6.07, 6.45) is 10.7. The zero-order valence-electron chi connectivity index (χ0n) is 32.1. The van der Waals surface area contributed by atoms with E-state index in [0.29, 0.717) is 0 Å². The van der Waals surface area contributed by atoms with Crippen LogP contribution in [0.15, 0.2) is 207 Å². The number of benzene rings is 8. The van der Waals surface area contributed by atoms with E-state index in [-0.39, 0.29) is 11.6 Å². The molecule has 3 nitrogen and oxygen atoms in total. The SMILES string of the molecule is CC1(C)c2ccccc2N(C2C=CC(c3ccccc3)=C[N-]2)c2ccc(-c3ccc(/C=C/N(c4ccc5ccccc5c4)c4ccc5ccccc5c4)cc3)cc21. The molecule has 0 amide bonds. The van der Waals surface area contributed by atoms with Crippen molar-refractivity contribution < 1.29 is 0 Å². The summed E-state index contributed by atoms with van der Waals surface area (Å²) < 4.78 is 0. The van der Waals surface area contributed by atoms with E-state index in [1.807, 2.05) is 6.20 Å². The van der Waals surface area contributed by atoms with Crippen LogP contribution in [0.4, 0.5) is 22.7 Å². The third kappa shape index (κ3) is 6.37. The van der Waals surface area contributed by atoms with Gasteiger partial charge in [-0.05, 0) is 115 Å². The topological polar surface area (TPSA) is 20.6 Å². The van der Waals surface area contributed by atoms with E-state index < -0.39 is 0 Å². The van der Waals surface area contributed by atoms with Crippen LogP contribution < -0.4 is 9.80 Å². The van der Waals surface area contributed by atoms with Crippen LogP contribution in [0, 0.1) is 0 Å². The Morgan fingerprint density at radius 3 is 1.79 bits per heavy atom. The lowest BCUT2D eigenvalue weighted by Crippen LogP contribution is -2.38. The van der Waals surface area contributed by atoms with Gasteiger partial charge in [0, 0.05) is 34.4 Å². The van der Waals surface area contributed by atoms with E-state index in [1.54, 1.807) is 0 Å². The normalized spacial score (nSPS) is 15.6. The van der Waals surface area contributed by atoms with Crippen LogP contribution in [0.3, 0.4) is 0 Å². The fourth-order valence-corrected chi connectivity index (χ4v) is 8.51. The minimum absolute atomic E-state index is 0.144. The van der Waals surface area contributed by atoms with Crippen LogP contribution in [0.5, 0.6) is 0 Å². The largest absolute Gasteiger partial charge is 0.667 e. The Balaban J connectivity index is 0.963. The zero-order chi connectivity index (χ0) is 38.3. The van der Waals surface area contributed by atoms with Gasteiger partial charge in [0.15, 0.2) is 0 Å². The van der Waals surface area contributed by atoms with E-state index in [0.717, 1.165) is 22.5 Å². The molecule has 0 N–H and O–H groups in total. The van der Waals surface area contributed by atoms with Gasteiger partial charge >= 0.3 is 0 Å². The van der Waals surface area contributed by atoms with Gasteiger partial charge in [0.25, 0.3) is 0 Å². The summed E-state index contributed by atoms with van der Waals surface area (Å²) in [5.41, 5.74) is 12.9. The van der Waals surface area contributed by atoms with Crippen LogP contribution in [0.1, 0.15) is 36.1 Å². The van der Waals surface area contributed by atoms with Gasteiger partial charge in [0.1, 0.15) is 0 Å². The second-order valence-corrected chi connectivity index (χ2v) is 15.5. The predicted octanol–water partition coefficient (Wildman–Crippen LogP) is 14.6. The quantitative estimate of drug-likeness (QED) is 0.163. The van der Waals surface area contributed by atoms with E-state index in [9.17, 15) is 0 Å². The van der Waals surface area contributed by atoms with Gasteiger partial charge in [-0.2, -0.15) is 6.20 Å². The van der Waals surface area contributed by atoms with E-state index in [4.69, 9.17) is 5.32 Å². The van der Waals surface area contributed by atoms with Crippen molar-refractivity contribution in [3.63, 3.8) is 0 Å². The number of rotatable bonds is 7. The van der Waals surface area contributed by atoms with Gasteiger partial charge < -0.3 is 15.1 Å². The van der Waals surface area contributed by atoms with Gasteiger partial charge in [0.2, 0.25) is 0 Å². The summed E-state index contributed by atoms with van der Waals surface area (Å²) in [6.45, 7) is 4.69. The lowest BCUT2D eigenvalue weighted by atomic mass is 9.73. The van der Waals surface area contributed by atoms with Gasteiger partial charge in [0.05, 0.1) is 0 Å². The molecule has 0 saturated heterocycles. The van der Waals surface area contributed by atoms with Crippen molar-refractivity contribution in [2.45, 2.75) is 25.4 Å². The Hall–Kier alpha value is -7.10. The molecule has 0 bridgehead atoms. The molecule has 0 saturated carbocycles. The highest BCUT2D eigenvalue weighted by Crippen LogP contribution is 2.51. The molecular weight excluding hydrogens is 691 g/mol. The standard InChI is InChI=1S/C54H42N3/c1-54(2)49-18-10-11-19-51(49)57(53-31-27-46(37-55-53)39-12-4-3-5-13-39)52-30-26-45(36-50(52)54)42-22-20-38(21-23-42)32-33-56(47-28-24-40-14-6-8-16-43(40)34-47)48-29-25-41-15-7-9-17-44(41)35-48/h3-37,53H,1-2H3/q-1/b33-32+. The number of allylic oxidation sites excluding steroid dienone is 2. The number of anilines is 4. The molecule has 0 spiro atoms. The Kier molecular flexibility index (Phi) is 8.57. The molecule has 0 radical (unpaired) electrons. The van der Waals surface area contributed by atoms with Crippen molar-refractivity contribution >= 4 is 55.9 Å². The number of nitrogens with zero attached hydrogens (tertiary/aromatic N) is 3. The number of hydrogen-bond acceptors (Lipinski definition) is 2. The second kappa shape index (κ2) is 14.2. The third-order valence-electron chi connectivity index (χ3n) is 11.6. The molecule has 2 aliphatic heterocycles. The predicted molar refractivity (Wildman–Crippen MR) is 242 cm³/mol. The first-order chi connectivity index (χ1) is 28.0. The summed E-state index contributed by atoms with van der Waals surface area (Å²) in [5, 5.41) is 10.0. The molecule has 3 heteroatoms. The maximum Gasteiger partial charge on any atom is 0.0461 e. The first kappa shape index (κ1) is 34.4.